The van der Waals surface area contributed by atoms with Crippen molar-refractivity contribution in [2.24, 2.45) is 11.8 Å². The van der Waals surface area contributed by atoms with Gasteiger partial charge in [0.2, 0.25) is 0 Å². The molecule has 0 aromatic heterocycles. The third-order valence-corrected chi connectivity index (χ3v) is 13.0. The van der Waals surface area contributed by atoms with E-state index in [2.05, 4.69) is 46.5 Å². The summed E-state index contributed by atoms with van der Waals surface area (Å²) < 4.78 is 0. The first-order valence-corrected chi connectivity index (χ1v) is 10.1. The number of allylic oxidation sites excluding steroid dienone is 1. The van der Waals surface area contributed by atoms with E-state index in [0.29, 0.717) is 0 Å². The predicted molar refractivity (Wildman–Crippen MR) is 82.7 cm³/mol. The van der Waals surface area contributed by atoms with Crippen molar-refractivity contribution in [3.05, 3.63) is 11.9 Å². The van der Waals surface area contributed by atoms with Gasteiger partial charge < -0.3 is 0 Å². The Kier molecular flexibility index (Phi) is 3.75. The quantitative estimate of drug-likeness (QED) is 0.566. The second-order valence-corrected chi connectivity index (χ2v) is 11.5. The first kappa shape index (κ1) is 13.6. The number of hydrogen-bond acceptors (Lipinski definition) is 0. The Hall–Kier alpha value is 0.170. The van der Waals surface area contributed by atoms with Crippen molar-refractivity contribution in [3.8, 4) is 0 Å². The van der Waals surface area contributed by atoms with Gasteiger partial charge in [0.25, 0.3) is 0 Å². The predicted octanol–water partition coefficient (Wildman–Crippen LogP) is 5.28. The van der Waals surface area contributed by atoms with Gasteiger partial charge in [0.15, 0.2) is 0 Å². The molecule has 1 fully saturated rings. The molecular weight excluding hydrogens is 223 g/mol. The monoisotopic (exact) mass is 254 g/mol. The van der Waals surface area contributed by atoms with Crippen LogP contribution in [0.25, 0.3) is 0 Å². The Balaban J connectivity index is 2.30. The van der Waals surface area contributed by atoms with E-state index in [0.717, 1.165) is 22.7 Å². The average molecular weight is 254 g/mol. The van der Waals surface area contributed by atoms with Crippen molar-refractivity contribution in [1.29, 1.82) is 0 Å². The molecule has 2 unspecified atom stereocenters. The van der Waals surface area contributed by atoms with Crippen molar-refractivity contribution in [1.82, 2.24) is 0 Å². The minimum absolute atomic E-state index is 0.820. The van der Waals surface area contributed by atoms with Crippen LogP contribution in [0.15, 0.2) is 11.9 Å². The van der Waals surface area contributed by atoms with Crippen molar-refractivity contribution in [2.45, 2.75) is 71.1 Å². The van der Waals surface area contributed by atoms with Crippen LogP contribution in [-0.2, 0) is 0 Å². The SMILES string of the molecule is CCC(C)C(C(C)C)[PH]1(C2(CC)CC2)C=CC1. The van der Waals surface area contributed by atoms with Crippen LogP contribution in [0.4, 0.5) is 0 Å². The second-order valence-electron chi connectivity index (χ2n) is 6.94. The van der Waals surface area contributed by atoms with Gasteiger partial charge in [-0.15, -0.1) is 0 Å². The van der Waals surface area contributed by atoms with Gasteiger partial charge in [0.1, 0.15) is 0 Å². The molecule has 2 rings (SSSR count). The van der Waals surface area contributed by atoms with E-state index >= 15 is 0 Å². The molecule has 0 bridgehead atoms. The number of hydrogen-bond donors (Lipinski definition) is 0. The molecule has 1 aliphatic heterocycles. The topological polar surface area (TPSA) is 0 Å². The van der Waals surface area contributed by atoms with E-state index in [9.17, 15) is 0 Å². The van der Waals surface area contributed by atoms with Crippen LogP contribution in [0.2, 0.25) is 0 Å². The van der Waals surface area contributed by atoms with E-state index < -0.39 is 7.26 Å². The fourth-order valence-electron chi connectivity index (χ4n) is 4.68. The zero-order chi connectivity index (χ0) is 12.7. The number of rotatable bonds is 6. The molecule has 0 N–H and O–H groups in total. The molecule has 0 saturated heterocycles. The Morgan fingerprint density at radius 3 is 2.00 bits per heavy atom. The van der Waals surface area contributed by atoms with Crippen molar-refractivity contribution < 1.29 is 0 Å². The summed E-state index contributed by atoms with van der Waals surface area (Å²) in [5.41, 5.74) is 1.03. The molecule has 1 heteroatoms. The van der Waals surface area contributed by atoms with Gasteiger partial charge in [-0.3, -0.25) is 0 Å². The summed E-state index contributed by atoms with van der Waals surface area (Å²) in [4.78, 5) is 0. The third kappa shape index (κ3) is 1.92. The fraction of sp³-hybridized carbons (Fsp3) is 0.875. The van der Waals surface area contributed by atoms with Crippen LogP contribution in [-0.4, -0.2) is 17.0 Å². The minimum atomic E-state index is -1.12. The van der Waals surface area contributed by atoms with Crippen LogP contribution < -0.4 is 0 Å². The van der Waals surface area contributed by atoms with Crippen LogP contribution in [0.5, 0.6) is 0 Å². The van der Waals surface area contributed by atoms with Crippen molar-refractivity contribution >= 4 is 7.26 Å². The van der Waals surface area contributed by atoms with Crippen LogP contribution in [0, 0.1) is 11.8 Å². The van der Waals surface area contributed by atoms with E-state index in [-0.39, 0.29) is 0 Å². The second kappa shape index (κ2) is 4.69. The van der Waals surface area contributed by atoms with Gasteiger partial charge in [-0.25, -0.2) is 0 Å². The van der Waals surface area contributed by atoms with Gasteiger partial charge in [-0.05, 0) is 0 Å². The van der Waals surface area contributed by atoms with E-state index in [1.807, 2.05) is 0 Å². The molecule has 17 heavy (non-hydrogen) atoms. The summed E-state index contributed by atoms with van der Waals surface area (Å²) in [5.74, 6) is 4.54. The summed E-state index contributed by atoms with van der Waals surface area (Å²) in [5, 5.41) is 0.820. The Morgan fingerprint density at radius 1 is 1.18 bits per heavy atom. The molecule has 0 spiro atoms. The molecule has 1 heterocycles. The molecule has 0 radical (unpaired) electrons. The van der Waals surface area contributed by atoms with E-state index in [1.54, 1.807) is 12.8 Å². The molecule has 0 aromatic carbocycles. The van der Waals surface area contributed by atoms with Gasteiger partial charge in [-0.2, -0.15) is 0 Å². The Labute approximate surface area is 109 Å². The molecule has 1 saturated carbocycles. The normalized spacial score (nSPS) is 29.5. The summed E-state index contributed by atoms with van der Waals surface area (Å²) in [6.45, 7) is 12.3. The maximum absolute atomic E-state index is 2.74. The van der Waals surface area contributed by atoms with Crippen LogP contribution >= 0.6 is 7.26 Å². The fourth-order valence-corrected chi connectivity index (χ4v) is 11.6. The van der Waals surface area contributed by atoms with Gasteiger partial charge in [-0.1, -0.05) is 0 Å². The molecule has 2 aliphatic rings. The molecule has 2 atom stereocenters. The van der Waals surface area contributed by atoms with Crippen molar-refractivity contribution in [2.75, 3.05) is 6.16 Å². The molecule has 1 aliphatic carbocycles. The zero-order valence-corrected chi connectivity index (χ0v) is 13.4. The van der Waals surface area contributed by atoms with Gasteiger partial charge >= 0.3 is 108 Å². The molecule has 0 aromatic rings. The van der Waals surface area contributed by atoms with Gasteiger partial charge in [0.05, 0.1) is 0 Å². The van der Waals surface area contributed by atoms with Crippen LogP contribution in [0.3, 0.4) is 0 Å². The maximum atomic E-state index is 2.74. The average Bonchev–Trinajstić information content (AvgIpc) is 3.02. The van der Waals surface area contributed by atoms with Crippen molar-refractivity contribution in [3.63, 3.8) is 0 Å². The summed E-state index contributed by atoms with van der Waals surface area (Å²) >= 11 is 0. The standard InChI is InChI=1S/C16H31P/c1-6-14(5)15(13(3)4)17(11-8-12-17)16(7-2)9-10-16/h8,11,13-15,17H,6-7,9-10,12H2,1-5H3. The molecule has 100 valence electrons. The third-order valence-electron chi connectivity index (χ3n) is 5.96. The van der Waals surface area contributed by atoms with E-state index in [1.165, 1.54) is 19.0 Å². The molecule has 0 amide bonds. The first-order valence-electron chi connectivity index (χ1n) is 7.70. The molecule has 0 nitrogen and oxygen atoms in total. The first-order chi connectivity index (χ1) is 8.03. The summed E-state index contributed by atoms with van der Waals surface area (Å²) in [6, 6.07) is 0. The molecular formula is C16H31P. The Bertz CT molecular complexity index is 301. The summed E-state index contributed by atoms with van der Waals surface area (Å²) in [6.07, 6.45) is 9.88. The zero-order valence-electron chi connectivity index (χ0n) is 12.4. The van der Waals surface area contributed by atoms with E-state index in [4.69, 9.17) is 0 Å². The van der Waals surface area contributed by atoms with Crippen LogP contribution in [0.1, 0.15) is 60.3 Å². The summed E-state index contributed by atoms with van der Waals surface area (Å²) in [7, 11) is -1.12. The van der Waals surface area contributed by atoms with Gasteiger partial charge in [0, 0.05) is 0 Å². The Morgan fingerprint density at radius 2 is 1.76 bits per heavy atom.